The van der Waals surface area contributed by atoms with Gasteiger partial charge in [0.2, 0.25) is 0 Å². The van der Waals surface area contributed by atoms with E-state index < -0.39 is 0 Å². The Morgan fingerprint density at radius 1 is 0.933 bits per heavy atom. The Kier molecular flexibility index (Phi) is 1.29. The van der Waals surface area contributed by atoms with E-state index in [0.717, 1.165) is 0 Å². The summed E-state index contributed by atoms with van der Waals surface area (Å²) in [6, 6.07) is 8.86. The van der Waals surface area contributed by atoms with Crippen LogP contribution in [0, 0.1) is 0 Å². The standard InChI is InChI=1S/C15H12/c1-2-6-13-10(4-1)8-12-9-11-5-3-7-14(11)15(12)13/h1-4,6-7H,5,8-9H2. The summed E-state index contributed by atoms with van der Waals surface area (Å²) in [7, 11) is 0. The Morgan fingerprint density at radius 3 is 2.87 bits per heavy atom. The predicted octanol–water partition coefficient (Wildman–Crippen LogP) is 3.66. The maximum absolute atomic E-state index is 2.32. The second-order valence-electron chi connectivity index (χ2n) is 4.61. The molecular formula is C15H12. The van der Waals surface area contributed by atoms with Gasteiger partial charge in [0.1, 0.15) is 0 Å². The highest BCUT2D eigenvalue weighted by molar-refractivity contribution is 5.93. The molecule has 15 heavy (non-hydrogen) atoms. The summed E-state index contributed by atoms with van der Waals surface area (Å²) in [6.45, 7) is 0. The summed E-state index contributed by atoms with van der Waals surface area (Å²) in [5.74, 6) is 0. The first-order valence-corrected chi connectivity index (χ1v) is 5.63. The number of hydrogen-bond donors (Lipinski definition) is 0. The van der Waals surface area contributed by atoms with Gasteiger partial charge in [-0.2, -0.15) is 0 Å². The van der Waals surface area contributed by atoms with E-state index in [1.165, 1.54) is 36.0 Å². The molecule has 0 fully saturated rings. The quantitative estimate of drug-likeness (QED) is 0.588. The van der Waals surface area contributed by atoms with E-state index in [2.05, 4.69) is 36.4 Å². The molecule has 0 bridgehead atoms. The summed E-state index contributed by atoms with van der Waals surface area (Å²) in [6.07, 6.45) is 8.22. The lowest BCUT2D eigenvalue weighted by Crippen LogP contribution is -1.88. The molecule has 1 aromatic rings. The molecule has 0 nitrogen and oxygen atoms in total. The largest absolute Gasteiger partial charge is 0.0798 e. The van der Waals surface area contributed by atoms with Gasteiger partial charge in [-0.3, -0.25) is 0 Å². The first-order chi connectivity index (χ1) is 7.43. The number of rotatable bonds is 0. The van der Waals surface area contributed by atoms with Crippen LogP contribution in [0.1, 0.15) is 24.0 Å². The lowest BCUT2D eigenvalue weighted by Gasteiger charge is -2.05. The second-order valence-corrected chi connectivity index (χ2v) is 4.61. The van der Waals surface area contributed by atoms with Gasteiger partial charge in [-0.25, -0.2) is 0 Å². The maximum atomic E-state index is 2.32. The highest BCUT2D eigenvalue weighted by atomic mass is 14.3. The van der Waals surface area contributed by atoms with Crippen LogP contribution in [0.5, 0.6) is 0 Å². The summed E-state index contributed by atoms with van der Waals surface area (Å²) in [4.78, 5) is 0. The van der Waals surface area contributed by atoms with Crippen molar-refractivity contribution in [3.8, 4) is 0 Å². The molecule has 0 aromatic heterocycles. The highest BCUT2D eigenvalue weighted by Crippen LogP contribution is 2.49. The molecule has 0 heteroatoms. The fourth-order valence-corrected chi connectivity index (χ4v) is 3.15. The monoisotopic (exact) mass is 192 g/mol. The maximum Gasteiger partial charge on any atom is -0.00483 e. The van der Waals surface area contributed by atoms with Crippen LogP contribution in [0.3, 0.4) is 0 Å². The van der Waals surface area contributed by atoms with Gasteiger partial charge in [-0.05, 0) is 41.5 Å². The predicted molar refractivity (Wildman–Crippen MR) is 62.5 cm³/mol. The molecule has 0 saturated carbocycles. The van der Waals surface area contributed by atoms with Crippen LogP contribution in [0.2, 0.25) is 0 Å². The molecule has 3 aliphatic carbocycles. The van der Waals surface area contributed by atoms with E-state index in [0.29, 0.717) is 0 Å². The zero-order valence-electron chi connectivity index (χ0n) is 8.59. The van der Waals surface area contributed by atoms with Crippen molar-refractivity contribution in [2.75, 3.05) is 0 Å². The fourth-order valence-electron chi connectivity index (χ4n) is 3.15. The molecule has 0 saturated heterocycles. The average Bonchev–Trinajstić information content (AvgIpc) is 2.85. The molecule has 0 spiro atoms. The average molecular weight is 192 g/mol. The summed E-state index contributed by atoms with van der Waals surface area (Å²) in [5, 5.41) is 0. The number of hydrogen-bond acceptors (Lipinski definition) is 0. The molecular weight excluding hydrogens is 180 g/mol. The van der Waals surface area contributed by atoms with Gasteiger partial charge < -0.3 is 0 Å². The van der Waals surface area contributed by atoms with Crippen molar-refractivity contribution in [2.45, 2.75) is 19.3 Å². The van der Waals surface area contributed by atoms with Crippen molar-refractivity contribution >= 4 is 5.57 Å². The van der Waals surface area contributed by atoms with Crippen molar-refractivity contribution in [2.24, 2.45) is 0 Å². The third-order valence-electron chi connectivity index (χ3n) is 3.77. The van der Waals surface area contributed by atoms with Gasteiger partial charge in [0.25, 0.3) is 0 Å². The van der Waals surface area contributed by atoms with E-state index in [4.69, 9.17) is 0 Å². The van der Waals surface area contributed by atoms with E-state index in [9.17, 15) is 0 Å². The van der Waals surface area contributed by atoms with Gasteiger partial charge in [-0.15, -0.1) is 0 Å². The molecule has 0 unspecified atom stereocenters. The van der Waals surface area contributed by atoms with Gasteiger partial charge in [0.05, 0.1) is 0 Å². The second kappa shape index (κ2) is 2.52. The molecule has 0 heterocycles. The molecule has 0 atom stereocenters. The minimum absolute atomic E-state index is 1.19. The molecule has 0 amide bonds. The zero-order chi connectivity index (χ0) is 9.83. The lowest BCUT2D eigenvalue weighted by molar-refractivity contribution is 1.03. The Morgan fingerprint density at radius 2 is 1.87 bits per heavy atom. The van der Waals surface area contributed by atoms with Crippen LogP contribution in [-0.2, 0) is 6.42 Å². The minimum atomic E-state index is 1.19. The molecule has 72 valence electrons. The van der Waals surface area contributed by atoms with Gasteiger partial charge in [0.15, 0.2) is 0 Å². The van der Waals surface area contributed by atoms with Crippen LogP contribution >= 0.6 is 0 Å². The van der Waals surface area contributed by atoms with Crippen LogP contribution in [0.25, 0.3) is 5.57 Å². The zero-order valence-corrected chi connectivity index (χ0v) is 8.59. The van der Waals surface area contributed by atoms with E-state index >= 15 is 0 Å². The molecule has 4 rings (SSSR count). The lowest BCUT2D eigenvalue weighted by atomic mass is 9.99. The highest BCUT2D eigenvalue weighted by Gasteiger charge is 2.30. The van der Waals surface area contributed by atoms with E-state index in [1.54, 1.807) is 16.7 Å². The molecule has 0 N–H and O–H groups in total. The van der Waals surface area contributed by atoms with Gasteiger partial charge >= 0.3 is 0 Å². The van der Waals surface area contributed by atoms with Crippen LogP contribution in [0.4, 0.5) is 0 Å². The van der Waals surface area contributed by atoms with Crippen LogP contribution < -0.4 is 0 Å². The topological polar surface area (TPSA) is 0 Å². The summed E-state index contributed by atoms with van der Waals surface area (Å²) in [5.41, 5.74) is 9.42. The number of fused-ring (bicyclic) bond motifs is 3. The Bertz CT molecular complexity index is 553. The van der Waals surface area contributed by atoms with E-state index in [1.807, 2.05) is 0 Å². The van der Waals surface area contributed by atoms with Crippen LogP contribution in [-0.4, -0.2) is 0 Å². The third kappa shape index (κ3) is 0.872. The van der Waals surface area contributed by atoms with Crippen LogP contribution in [0.15, 0.2) is 53.1 Å². The minimum Gasteiger partial charge on any atom is -0.0798 e. The molecule has 0 radical (unpaired) electrons. The van der Waals surface area contributed by atoms with Crippen molar-refractivity contribution in [1.82, 2.24) is 0 Å². The molecule has 1 aromatic carbocycles. The van der Waals surface area contributed by atoms with Crippen molar-refractivity contribution in [1.29, 1.82) is 0 Å². The molecule has 3 aliphatic rings. The number of benzene rings is 1. The molecule has 0 aliphatic heterocycles. The Hall–Kier alpha value is -1.56. The smallest absolute Gasteiger partial charge is 0.00483 e. The van der Waals surface area contributed by atoms with Crippen molar-refractivity contribution in [3.63, 3.8) is 0 Å². The summed E-state index contributed by atoms with van der Waals surface area (Å²) >= 11 is 0. The van der Waals surface area contributed by atoms with E-state index in [-0.39, 0.29) is 0 Å². The van der Waals surface area contributed by atoms with Crippen molar-refractivity contribution in [3.05, 3.63) is 64.3 Å². The first kappa shape index (κ1) is 7.70. The normalized spacial score (nSPS) is 21.1. The SMILES string of the molecule is C1=CC2=C(C1)CC1=C2c2ccccc2C1. The fraction of sp³-hybridized carbons (Fsp3) is 0.200. The van der Waals surface area contributed by atoms with Gasteiger partial charge in [-0.1, -0.05) is 47.6 Å². The Labute approximate surface area is 89.6 Å². The third-order valence-corrected chi connectivity index (χ3v) is 3.77. The van der Waals surface area contributed by atoms with Crippen molar-refractivity contribution < 1.29 is 0 Å². The summed E-state index contributed by atoms with van der Waals surface area (Å²) < 4.78 is 0. The first-order valence-electron chi connectivity index (χ1n) is 5.63. The van der Waals surface area contributed by atoms with Gasteiger partial charge in [0, 0.05) is 0 Å². The number of allylic oxidation sites excluding steroid dienone is 6. The Balaban J connectivity index is 1.96.